The Labute approximate surface area is 110 Å². The second kappa shape index (κ2) is 7.08. The molecule has 0 radical (unpaired) electrons. The van der Waals surface area contributed by atoms with Crippen molar-refractivity contribution in [2.45, 2.75) is 51.6 Å². The maximum Gasteiger partial charge on any atom is 0.150 e. The van der Waals surface area contributed by atoms with Gasteiger partial charge in [-0.1, -0.05) is 56.2 Å². The van der Waals surface area contributed by atoms with E-state index in [2.05, 4.69) is 18.8 Å². The Balaban J connectivity index is 2.60. The second-order valence-corrected chi connectivity index (χ2v) is 4.77. The lowest BCUT2D eigenvalue weighted by atomic mass is 9.95. The molecule has 0 saturated carbocycles. The molecule has 0 spiro atoms. The first-order valence-electron chi connectivity index (χ1n) is 6.65. The van der Waals surface area contributed by atoms with Crippen molar-refractivity contribution < 1.29 is 5.11 Å². The SMILES string of the molecule is CCCCCCC#CC(C)(O)c1ccccc1N. The van der Waals surface area contributed by atoms with Crippen molar-refractivity contribution in [3.05, 3.63) is 29.8 Å². The van der Waals surface area contributed by atoms with Crippen molar-refractivity contribution in [1.82, 2.24) is 0 Å². The third kappa shape index (κ3) is 4.43. The normalized spacial score (nSPS) is 13.5. The molecule has 0 amide bonds. The zero-order chi connectivity index (χ0) is 13.4. The van der Waals surface area contributed by atoms with Gasteiger partial charge in [0.15, 0.2) is 0 Å². The van der Waals surface area contributed by atoms with Crippen LogP contribution in [0.1, 0.15) is 51.5 Å². The highest BCUT2D eigenvalue weighted by Crippen LogP contribution is 2.25. The minimum atomic E-state index is -1.16. The first kappa shape index (κ1) is 14.6. The van der Waals surface area contributed by atoms with Crippen LogP contribution in [0.4, 0.5) is 5.69 Å². The van der Waals surface area contributed by atoms with Crippen LogP contribution in [-0.2, 0) is 5.60 Å². The molecule has 98 valence electrons. The van der Waals surface area contributed by atoms with Crippen LogP contribution in [0.3, 0.4) is 0 Å². The standard InChI is InChI=1S/C16H23NO/c1-3-4-5-6-7-10-13-16(2,18)14-11-8-9-12-15(14)17/h8-9,11-12,18H,3-7,17H2,1-2H3. The van der Waals surface area contributed by atoms with Gasteiger partial charge in [0.2, 0.25) is 0 Å². The molecule has 1 rings (SSSR count). The van der Waals surface area contributed by atoms with Crippen LogP contribution in [0.2, 0.25) is 0 Å². The number of rotatable bonds is 5. The van der Waals surface area contributed by atoms with E-state index in [0.717, 1.165) is 12.8 Å². The number of nitrogens with two attached hydrogens (primary N) is 1. The van der Waals surface area contributed by atoms with E-state index in [9.17, 15) is 5.11 Å². The van der Waals surface area contributed by atoms with Crippen LogP contribution in [-0.4, -0.2) is 5.11 Å². The lowest BCUT2D eigenvalue weighted by Gasteiger charge is -2.18. The number of anilines is 1. The van der Waals surface area contributed by atoms with E-state index < -0.39 is 5.60 Å². The largest absolute Gasteiger partial charge is 0.398 e. The summed E-state index contributed by atoms with van der Waals surface area (Å²) in [6.07, 6.45) is 5.63. The molecule has 1 atom stereocenters. The fourth-order valence-electron chi connectivity index (χ4n) is 1.88. The van der Waals surface area contributed by atoms with Crippen LogP contribution in [0.5, 0.6) is 0 Å². The minimum absolute atomic E-state index is 0.586. The first-order valence-corrected chi connectivity index (χ1v) is 6.65. The van der Waals surface area contributed by atoms with Gasteiger partial charge in [-0.15, -0.1) is 0 Å². The van der Waals surface area contributed by atoms with E-state index in [4.69, 9.17) is 5.73 Å². The number of hydrogen-bond acceptors (Lipinski definition) is 2. The molecule has 0 aliphatic rings. The third-order valence-electron chi connectivity index (χ3n) is 2.97. The zero-order valence-corrected chi connectivity index (χ0v) is 11.4. The average molecular weight is 245 g/mol. The van der Waals surface area contributed by atoms with Gasteiger partial charge in [0, 0.05) is 17.7 Å². The number of benzene rings is 1. The van der Waals surface area contributed by atoms with Gasteiger partial charge in [0.1, 0.15) is 5.60 Å². The maximum absolute atomic E-state index is 10.3. The summed E-state index contributed by atoms with van der Waals surface area (Å²) in [7, 11) is 0. The molecule has 1 aromatic rings. The summed E-state index contributed by atoms with van der Waals surface area (Å²) in [5.41, 5.74) is 5.96. The molecule has 0 saturated heterocycles. The molecule has 2 nitrogen and oxygen atoms in total. The van der Waals surface area contributed by atoms with E-state index in [0.29, 0.717) is 11.3 Å². The van der Waals surface area contributed by atoms with Crippen LogP contribution in [0, 0.1) is 11.8 Å². The highest BCUT2D eigenvalue weighted by molar-refractivity contribution is 5.52. The van der Waals surface area contributed by atoms with Gasteiger partial charge in [0.05, 0.1) is 0 Å². The van der Waals surface area contributed by atoms with E-state index in [1.165, 1.54) is 19.3 Å². The summed E-state index contributed by atoms with van der Waals surface area (Å²) >= 11 is 0. The van der Waals surface area contributed by atoms with Gasteiger partial charge in [-0.25, -0.2) is 0 Å². The highest BCUT2D eigenvalue weighted by Gasteiger charge is 2.21. The molecule has 0 fully saturated rings. The molecule has 0 aliphatic heterocycles. The van der Waals surface area contributed by atoms with Crippen molar-refractivity contribution in [1.29, 1.82) is 0 Å². The molecule has 2 heteroatoms. The predicted octanol–water partition coefficient (Wildman–Crippen LogP) is 3.45. The Hall–Kier alpha value is -1.46. The number of nitrogen functional groups attached to an aromatic ring is 1. The molecule has 0 aliphatic carbocycles. The number of hydrogen-bond donors (Lipinski definition) is 2. The molecular weight excluding hydrogens is 222 g/mol. The Kier molecular flexibility index (Phi) is 5.74. The molecule has 0 bridgehead atoms. The van der Waals surface area contributed by atoms with E-state index >= 15 is 0 Å². The third-order valence-corrected chi connectivity index (χ3v) is 2.97. The zero-order valence-electron chi connectivity index (χ0n) is 11.4. The number of para-hydroxylation sites is 1. The van der Waals surface area contributed by atoms with Gasteiger partial charge < -0.3 is 10.8 Å². The van der Waals surface area contributed by atoms with Crippen LogP contribution in [0.15, 0.2) is 24.3 Å². The van der Waals surface area contributed by atoms with Crippen molar-refractivity contribution in [2.24, 2.45) is 0 Å². The number of unbranched alkanes of at least 4 members (excludes halogenated alkanes) is 4. The minimum Gasteiger partial charge on any atom is -0.398 e. The Morgan fingerprint density at radius 3 is 2.61 bits per heavy atom. The molecule has 18 heavy (non-hydrogen) atoms. The van der Waals surface area contributed by atoms with Crippen molar-refractivity contribution in [2.75, 3.05) is 5.73 Å². The lowest BCUT2D eigenvalue weighted by molar-refractivity contribution is 0.123. The monoisotopic (exact) mass is 245 g/mol. The van der Waals surface area contributed by atoms with Crippen LogP contribution < -0.4 is 5.73 Å². The van der Waals surface area contributed by atoms with Gasteiger partial charge in [-0.3, -0.25) is 0 Å². The first-order chi connectivity index (χ1) is 8.58. The summed E-state index contributed by atoms with van der Waals surface area (Å²) in [4.78, 5) is 0. The summed E-state index contributed by atoms with van der Waals surface area (Å²) in [6, 6.07) is 7.32. The fraction of sp³-hybridized carbons (Fsp3) is 0.500. The van der Waals surface area contributed by atoms with Crippen LogP contribution in [0.25, 0.3) is 0 Å². The Morgan fingerprint density at radius 1 is 1.22 bits per heavy atom. The highest BCUT2D eigenvalue weighted by atomic mass is 16.3. The molecule has 3 N–H and O–H groups in total. The quantitative estimate of drug-likeness (QED) is 0.474. The molecule has 0 heterocycles. The topological polar surface area (TPSA) is 46.2 Å². The summed E-state index contributed by atoms with van der Waals surface area (Å²) in [6.45, 7) is 3.88. The molecule has 0 aromatic heterocycles. The smallest absolute Gasteiger partial charge is 0.150 e. The van der Waals surface area contributed by atoms with E-state index in [1.54, 1.807) is 13.0 Å². The lowest BCUT2D eigenvalue weighted by Crippen LogP contribution is -2.20. The molecule has 1 unspecified atom stereocenters. The van der Waals surface area contributed by atoms with Gasteiger partial charge in [-0.2, -0.15) is 0 Å². The summed E-state index contributed by atoms with van der Waals surface area (Å²) in [5, 5.41) is 10.3. The van der Waals surface area contributed by atoms with E-state index in [-0.39, 0.29) is 0 Å². The van der Waals surface area contributed by atoms with Gasteiger partial charge in [-0.05, 0) is 19.4 Å². The van der Waals surface area contributed by atoms with Crippen LogP contribution >= 0.6 is 0 Å². The van der Waals surface area contributed by atoms with Crippen molar-refractivity contribution in [3.8, 4) is 11.8 Å². The maximum atomic E-state index is 10.3. The molecule has 1 aromatic carbocycles. The van der Waals surface area contributed by atoms with E-state index in [1.807, 2.05) is 18.2 Å². The Morgan fingerprint density at radius 2 is 1.94 bits per heavy atom. The van der Waals surface area contributed by atoms with Crippen molar-refractivity contribution >= 4 is 5.69 Å². The average Bonchev–Trinajstić information content (AvgIpc) is 2.34. The fourth-order valence-corrected chi connectivity index (χ4v) is 1.88. The summed E-state index contributed by atoms with van der Waals surface area (Å²) in [5.74, 6) is 5.97. The number of aliphatic hydroxyl groups is 1. The second-order valence-electron chi connectivity index (χ2n) is 4.77. The molecular formula is C16H23NO. The van der Waals surface area contributed by atoms with Gasteiger partial charge in [0.25, 0.3) is 0 Å². The van der Waals surface area contributed by atoms with Crippen molar-refractivity contribution in [3.63, 3.8) is 0 Å². The Bertz CT molecular complexity index is 426. The van der Waals surface area contributed by atoms with Gasteiger partial charge >= 0.3 is 0 Å². The summed E-state index contributed by atoms with van der Waals surface area (Å²) < 4.78 is 0. The predicted molar refractivity (Wildman–Crippen MR) is 77.0 cm³/mol.